The van der Waals surface area contributed by atoms with Crippen molar-refractivity contribution in [3.63, 3.8) is 0 Å². The number of thiocarbonyl (C=S) groups is 1. The van der Waals surface area contributed by atoms with Crippen LogP contribution in [-0.4, -0.2) is 10.9 Å². The highest BCUT2D eigenvalue weighted by molar-refractivity contribution is 7.80. The van der Waals surface area contributed by atoms with Crippen LogP contribution in [0, 0.1) is 0 Å². The lowest BCUT2D eigenvalue weighted by atomic mass is 10.1. The zero-order chi connectivity index (χ0) is 14.5. The summed E-state index contributed by atoms with van der Waals surface area (Å²) >= 11 is 11.3. The third kappa shape index (κ3) is 3.79. The maximum absolute atomic E-state index is 11.3. The standard InChI is InChI=1S/C15H13ClN2OS/c1-10(19)11-5-4-6-12(9-11)17-15(20)18-14-8-3-2-7-13(14)16/h2-9H,1H3,(H2,17,18,20). The molecule has 2 aromatic rings. The minimum absolute atomic E-state index is 0.0126. The minimum atomic E-state index is 0.0126. The highest BCUT2D eigenvalue weighted by atomic mass is 35.5. The van der Waals surface area contributed by atoms with Gasteiger partial charge in [0.05, 0.1) is 10.7 Å². The number of hydrogen-bond acceptors (Lipinski definition) is 2. The molecule has 0 spiro atoms. The molecule has 5 heteroatoms. The Kier molecular flexibility index (Phi) is 4.71. The van der Waals surface area contributed by atoms with Gasteiger partial charge in [-0.25, -0.2) is 0 Å². The van der Waals surface area contributed by atoms with E-state index in [4.69, 9.17) is 23.8 Å². The van der Waals surface area contributed by atoms with Crippen LogP contribution in [0.2, 0.25) is 5.02 Å². The first-order valence-electron chi connectivity index (χ1n) is 6.00. The summed E-state index contributed by atoms with van der Waals surface area (Å²) in [5.41, 5.74) is 2.12. The topological polar surface area (TPSA) is 41.1 Å². The molecule has 0 saturated carbocycles. The van der Waals surface area contributed by atoms with Crippen molar-refractivity contribution in [1.29, 1.82) is 0 Å². The number of anilines is 2. The Morgan fingerprint density at radius 2 is 1.85 bits per heavy atom. The van der Waals surface area contributed by atoms with Gasteiger partial charge in [0.2, 0.25) is 0 Å². The molecule has 0 heterocycles. The Morgan fingerprint density at radius 3 is 2.55 bits per heavy atom. The van der Waals surface area contributed by atoms with E-state index in [9.17, 15) is 4.79 Å². The van der Waals surface area contributed by atoms with E-state index in [2.05, 4.69) is 10.6 Å². The summed E-state index contributed by atoms with van der Waals surface area (Å²) in [7, 11) is 0. The summed E-state index contributed by atoms with van der Waals surface area (Å²) < 4.78 is 0. The zero-order valence-electron chi connectivity index (χ0n) is 10.8. The Bertz CT molecular complexity index is 658. The highest BCUT2D eigenvalue weighted by Gasteiger charge is 2.04. The number of nitrogens with one attached hydrogen (secondary N) is 2. The summed E-state index contributed by atoms with van der Waals surface area (Å²) in [6.45, 7) is 1.53. The van der Waals surface area contributed by atoms with Crippen molar-refractivity contribution in [3.05, 3.63) is 59.1 Å². The molecule has 0 radical (unpaired) electrons. The van der Waals surface area contributed by atoms with Crippen LogP contribution in [0.3, 0.4) is 0 Å². The van der Waals surface area contributed by atoms with Gasteiger partial charge in [0.25, 0.3) is 0 Å². The van der Waals surface area contributed by atoms with Gasteiger partial charge in [0.1, 0.15) is 0 Å². The van der Waals surface area contributed by atoms with E-state index in [-0.39, 0.29) is 5.78 Å². The van der Waals surface area contributed by atoms with Gasteiger partial charge in [-0.15, -0.1) is 0 Å². The molecule has 0 aliphatic heterocycles. The van der Waals surface area contributed by atoms with E-state index < -0.39 is 0 Å². The van der Waals surface area contributed by atoms with Crippen molar-refractivity contribution in [2.75, 3.05) is 10.6 Å². The first-order chi connectivity index (χ1) is 9.56. The Balaban J connectivity index is 2.07. The first kappa shape index (κ1) is 14.5. The van der Waals surface area contributed by atoms with Crippen LogP contribution in [-0.2, 0) is 0 Å². The molecule has 20 heavy (non-hydrogen) atoms. The molecule has 2 aromatic carbocycles. The lowest BCUT2D eigenvalue weighted by Gasteiger charge is -2.12. The summed E-state index contributed by atoms with van der Waals surface area (Å²) in [4.78, 5) is 11.3. The number of carbonyl (C=O) groups is 1. The summed E-state index contributed by atoms with van der Waals surface area (Å²) in [6, 6.07) is 14.5. The molecule has 0 unspecified atom stereocenters. The Hall–Kier alpha value is -1.91. The molecule has 0 bridgehead atoms. The van der Waals surface area contributed by atoms with Gasteiger partial charge in [0.15, 0.2) is 10.9 Å². The minimum Gasteiger partial charge on any atom is -0.332 e. The van der Waals surface area contributed by atoms with Gasteiger partial charge in [-0.05, 0) is 43.4 Å². The SMILES string of the molecule is CC(=O)c1cccc(NC(=S)Nc2ccccc2Cl)c1. The summed E-state index contributed by atoms with van der Waals surface area (Å²) in [6.07, 6.45) is 0. The number of para-hydroxylation sites is 1. The van der Waals surface area contributed by atoms with Crippen molar-refractivity contribution >= 4 is 46.1 Å². The van der Waals surface area contributed by atoms with E-state index in [0.717, 1.165) is 11.4 Å². The second-order valence-corrected chi connectivity index (χ2v) is 5.01. The van der Waals surface area contributed by atoms with Crippen LogP contribution >= 0.6 is 23.8 Å². The fourth-order valence-electron chi connectivity index (χ4n) is 1.66. The maximum Gasteiger partial charge on any atom is 0.175 e. The number of benzene rings is 2. The number of rotatable bonds is 3. The van der Waals surface area contributed by atoms with Gasteiger partial charge in [-0.1, -0.05) is 35.9 Å². The quantitative estimate of drug-likeness (QED) is 0.653. The molecule has 0 amide bonds. The smallest absolute Gasteiger partial charge is 0.175 e. The predicted molar refractivity (Wildman–Crippen MR) is 87.7 cm³/mol. The normalized spacial score (nSPS) is 9.90. The van der Waals surface area contributed by atoms with Gasteiger partial charge in [0, 0.05) is 11.3 Å². The molecule has 2 rings (SSSR count). The molecular weight excluding hydrogens is 292 g/mol. The van der Waals surface area contributed by atoms with Crippen LogP contribution in [0.15, 0.2) is 48.5 Å². The molecule has 2 N–H and O–H groups in total. The van der Waals surface area contributed by atoms with Gasteiger partial charge < -0.3 is 10.6 Å². The van der Waals surface area contributed by atoms with Crippen LogP contribution in [0.4, 0.5) is 11.4 Å². The van der Waals surface area contributed by atoms with Crippen LogP contribution in [0.1, 0.15) is 17.3 Å². The fourth-order valence-corrected chi connectivity index (χ4v) is 2.07. The molecule has 0 atom stereocenters. The largest absolute Gasteiger partial charge is 0.332 e. The highest BCUT2D eigenvalue weighted by Crippen LogP contribution is 2.21. The lowest BCUT2D eigenvalue weighted by Crippen LogP contribution is -2.19. The lowest BCUT2D eigenvalue weighted by molar-refractivity contribution is 0.101. The van der Waals surface area contributed by atoms with Crippen LogP contribution in [0.25, 0.3) is 0 Å². The number of ketones is 1. The molecule has 0 aliphatic carbocycles. The van der Waals surface area contributed by atoms with Gasteiger partial charge >= 0.3 is 0 Å². The molecule has 0 aromatic heterocycles. The van der Waals surface area contributed by atoms with Crippen LogP contribution in [0.5, 0.6) is 0 Å². The molecule has 0 fully saturated rings. The van der Waals surface area contributed by atoms with E-state index in [1.54, 1.807) is 24.3 Å². The molecular formula is C15H13ClN2OS. The number of halogens is 1. The summed E-state index contributed by atoms with van der Waals surface area (Å²) in [5.74, 6) is 0.0126. The van der Waals surface area contributed by atoms with Gasteiger partial charge in [-0.3, -0.25) is 4.79 Å². The average molecular weight is 305 g/mol. The fraction of sp³-hybridized carbons (Fsp3) is 0.0667. The van der Waals surface area contributed by atoms with Gasteiger partial charge in [-0.2, -0.15) is 0 Å². The number of Topliss-reactive ketones (excluding diaryl/α,β-unsaturated/α-hetero) is 1. The monoisotopic (exact) mass is 304 g/mol. The molecule has 3 nitrogen and oxygen atoms in total. The molecule has 0 saturated heterocycles. The first-order valence-corrected chi connectivity index (χ1v) is 6.78. The van der Waals surface area contributed by atoms with Crippen molar-refractivity contribution in [3.8, 4) is 0 Å². The third-order valence-electron chi connectivity index (χ3n) is 2.65. The average Bonchev–Trinajstić information content (AvgIpc) is 2.41. The second-order valence-electron chi connectivity index (χ2n) is 4.20. The number of hydrogen-bond donors (Lipinski definition) is 2. The Morgan fingerprint density at radius 1 is 1.10 bits per heavy atom. The Labute approximate surface area is 128 Å². The third-order valence-corrected chi connectivity index (χ3v) is 3.18. The van der Waals surface area contributed by atoms with Crippen molar-refractivity contribution in [1.82, 2.24) is 0 Å². The van der Waals surface area contributed by atoms with Crippen molar-refractivity contribution in [2.45, 2.75) is 6.92 Å². The van der Waals surface area contributed by atoms with Crippen LogP contribution < -0.4 is 10.6 Å². The number of carbonyl (C=O) groups excluding carboxylic acids is 1. The maximum atomic E-state index is 11.3. The van der Waals surface area contributed by atoms with E-state index >= 15 is 0 Å². The summed E-state index contributed by atoms with van der Waals surface area (Å²) in [5, 5.41) is 7.04. The predicted octanol–water partition coefficient (Wildman–Crippen LogP) is 4.35. The second kappa shape index (κ2) is 6.50. The molecule has 0 aliphatic rings. The van der Waals surface area contributed by atoms with E-state index in [1.165, 1.54) is 6.92 Å². The molecule has 102 valence electrons. The van der Waals surface area contributed by atoms with Crippen molar-refractivity contribution in [2.24, 2.45) is 0 Å². The van der Waals surface area contributed by atoms with Crippen molar-refractivity contribution < 1.29 is 4.79 Å². The van der Waals surface area contributed by atoms with E-state index in [1.807, 2.05) is 24.3 Å². The zero-order valence-corrected chi connectivity index (χ0v) is 12.4. The van der Waals surface area contributed by atoms with E-state index in [0.29, 0.717) is 15.7 Å².